The minimum absolute atomic E-state index is 0.0858. The van der Waals surface area contributed by atoms with Crippen LogP contribution in [0.25, 0.3) is 0 Å². The highest BCUT2D eigenvalue weighted by Crippen LogP contribution is 2.25. The van der Waals surface area contributed by atoms with Crippen molar-refractivity contribution in [1.82, 2.24) is 15.2 Å². The molecule has 2 rings (SSSR count). The molecule has 0 atom stereocenters. The number of ether oxygens (including phenoxy) is 1. The zero-order chi connectivity index (χ0) is 17.6. The Morgan fingerprint density at radius 2 is 2.33 bits per heavy atom. The number of amidine groups is 1. The third kappa shape index (κ3) is 5.34. The average Bonchev–Trinajstić information content (AvgIpc) is 3.02. The fourth-order valence-electron chi connectivity index (χ4n) is 2.11. The number of thiazole rings is 1. The predicted molar refractivity (Wildman–Crippen MR) is 88.7 cm³/mol. The molecule has 1 aromatic rings. The van der Waals surface area contributed by atoms with Gasteiger partial charge >= 0.3 is 5.97 Å². The molecule has 0 unspecified atom stereocenters. The zero-order valence-electron chi connectivity index (χ0n) is 13.4. The zero-order valence-corrected chi connectivity index (χ0v) is 14.2. The fourth-order valence-corrected chi connectivity index (χ4v) is 2.73. The summed E-state index contributed by atoms with van der Waals surface area (Å²) < 4.78 is 30.5. The summed E-state index contributed by atoms with van der Waals surface area (Å²) in [6.07, 6.45) is 1.65. The van der Waals surface area contributed by atoms with Crippen molar-refractivity contribution in [3.8, 4) is 0 Å². The van der Waals surface area contributed by atoms with Crippen LogP contribution in [0.4, 0.5) is 8.78 Å². The van der Waals surface area contributed by atoms with E-state index in [0.717, 1.165) is 0 Å². The molecule has 132 valence electrons. The number of carbonyl (C=O) groups is 1. The Balaban J connectivity index is 1.87. The van der Waals surface area contributed by atoms with E-state index in [1.165, 1.54) is 11.3 Å². The molecule has 9 heteroatoms. The molecule has 1 aliphatic rings. The maximum absolute atomic E-state index is 12.8. The van der Waals surface area contributed by atoms with Crippen LogP contribution in [0.1, 0.15) is 11.9 Å². The van der Waals surface area contributed by atoms with Gasteiger partial charge in [-0.1, -0.05) is 6.58 Å². The molecule has 1 saturated heterocycles. The van der Waals surface area contributed by atoms with Gasteiger partial charge < -0.3 is 10.1 Å². The first-order chi connectivity index (χ1) is 11.4. The molecular weight excluding hydrogens is 338 g/mol. The van der Waals surface area contributed by atoms with E-state index in [-0.39, 0.29) is 31.8 Å². The molecule has 0 bridgehead atoms. The summed E-state index contributed by atoms with van der Waals surface area (Å²) in [5, 5.41) is 5.57. The van der Waals surface area contributed by atoms with Crippen LogP contribution >= 0.6 is 11.3 Å². The molecule has 2 heterocycles. The minimum atomic E-state index is -2.57. The second-order valence-corrected chi connectivity index (χ2v) is 6.21. The number of halogens is 2. The highest BCUT2D eigenvalue weighted by atomic mass is 32.1. The predicted octanol–water partition coefficient (Wildman–Crippen LogP) is 1.55. The van der Waals surface area contributed by atoms with Gasteiger partial charge in [0.1, 0.15) is 0 Å². The largest absolute Gasteiger partial charge is 0.463 e. The smallest absolute Gasteiger partial charge is 0.335 e. The van der Waals surface area contributed by atoms with Gasteiger partial charge in [-0.2, -0.15) is 0 Å². The van der Waals surface area contributed by atoms with Gasteiger partial charge in [-0.3, -0.25) is 9.89 Å². The average molecular weight is 358 g/mol. The fraction of sp³-hybridized carbons (Fsp3) is 0.533. The molecule has 24 heavy (non-hydrogen) atoms. The normalized spacial score (nSPS) is 17.2. The first kappa shape index (κ1) is 18.5. The van der Waals surface area contributed by atoms with Crippen molar-refractivity contribution in [3.05, 3.63) is 28.7 Å². The van der Waals surface area contributed by atoms with Crippen molar-refractivity contribution >= 4 is 23.1 Å². The van der Waals surface area contributed by atoms with Crippen molar-refractivity contribution in [2.45, 2.75) is 12.8 Å². The van der Waals surface area contributed by atoms with Crippen molar-refractivity contribution in [1.29, 1.82) is 0 Å². The Morgan fingerprint density at radius 3 is 2.92 bits per heavy atom. The Bertz CT molecular complexity index is 597. The maximum Gasteiger partial charge on any atom is 0.335 e. The SMILES string of the molecule is C=C(C/N=C(\NCCN1CC(F)(F)C1)c1nccs1)C(=O)OCC. The number of aromatic nitrogens is 1. The second kappa shape index (κ2) is 8.29. The van der Waals surface area contributed by atoms with Crippen molar-refractivity contribution in [2.24, 2.45) is 4.99 Å². The van der Waals surface area contributed by atoms with Gasteiger partial charge in [0.15, 0.2) is 10.8 Å². The Labute approximate surface area is 143 Å². The maximum atomic E-state index is 12.8. The number of likely N-dealkylation sites (tertiary alicyclic amines) is 1. The Morgan fingerprint density at radius 1 is 1.58 bits per heavy atom. The number of carbonyl (C=O) groups excluding carboxylic acids is 1. The summed E-state index contributed by atoms with van der Waals surface area (Å²) in [7, 11) is 0. The van der Waals surface area contributed by atoms with Crippen molar-refractivity contribution < 1.29 is 18.3 Å². The van der Waals surface area contributed by atoms with Gasteiger partial charge in [-0.05, 0) is 6.92 Å². The molecule has 1 aromatic heterocycles. The number of esters is 1. The lowest BCUT2D eigenvalue weighted by Gasteiger charge is -2.38. The monoisotopic (exact) mass is 358 g/mol. The van der Waals surface area contributed by atoms with Crippen molar-refractivity contribution in [2.75, 3.05) is 39.3 Å². The van der Waals surface area contributed by atoms with Crippen LogP contribution in [0.3, 0.4) is 0 Å². The summed E-state index contributed by atoms with van der Waals surface area (Å²) in [5.41, 5.74) is 0.245. The first-order valence-electron chi connectivity index (χ1n) is 7.54. The Kier molecular flexibility index (Phi) is 6.38. The van der Waals surface area contributed by atoms with E-state index in [1.807, 2.05) is 5.38 Å². The van der Waals surface area contributed by atoms with Crippen LogP contribution in [-0.4, -0.2) is 66.9 Å². The van der Waals surface area contributed by atoms with Crippen LogP contribution in [0, 0.1) is 0 Å². The van der Waals surface area contributed by atoms with E-state index in [1.54, 1.807) is 18.0 Å². The molecule has 1 fully saturated rings. The molecule has 1 N–H and O–H groups in total. The van der Waals surface area contributed by atoms with E-state index in [0.29, 0.717) is 23.9 Å². The molecule has 0 amide bonds. The number of hydrogen-bond donors (Lipinski definition) is 1. The van der Waals surface area contributed by atoms with Crippen LogP contribution in [0.15, 0.2) is 28.7 Å². The van der Waals surface area contributed by atoms with Crippen LogP contribution in [0.5, 0.6) is 0 Å². The number of nitrogens with zero attached hydrogens (tertiary/aromatic N) is 3. The molecule has 0 spiro atoms. The summed E-state index contributed by atoms with van der Waals surface area (Å²) in [6.45, 7) is 6.26. The number of nitrogens with one attached hydrogen (secondary N) is 1. The first-order valence-corrected chi connectivity index (χ1v) is 8.42. The third-order valence-corrected chi connectivity index (χ3v) is 4.04. The number of hydrogen-bond acceptors (Lipinski definition) is 6. The lowest BCUT2D eigenvalue weighted by molar-refractivity contribution is -0.138. The van der Waals surface area contributed by atoms with Gasteiger partial charge in [-0.15, -0.1) is 11.3 Å². The highest BCUT2D eigenvalue weighted by Gasteiger charge is 2.43. The molecule has 6 nitrogen and oxygen atoms in total. The van der Waals surface area contributed by atoms with Crippen LogP contribution < -0.4 is 5.32 Å². The van der Waals surface area contributed by atoms with Gasteiger partial charge in [-0.25, -0.2) is 18.6 Å². The quantitative estimate of drug-likeness (QED) is 0.331. The number of aliphatic imine (C=N–C) groups is 1. The van der Waals surface area contributed by atoms with Crippen molar-refractivity contribution in [3.63, 3.8) is 0 Å². The van der Waals surface area contributed by atoms with Crippen LogP contribution in [-0.2, 0) is 9.53 Å². The van der Waals surface area contributed by atoms with Gasteiger partial charge in [0.25, 0.3) is 5.92 Å². The highest BCUT2D eigenvalue weighted by molar-refractivity contribution is 7.11. The molecule has 0 radical (unpaired) electrons. The minimum Gasteiger partial charge on any atom is -0.463 e. The Hall–Kier alpha value is -1.87. The summed E-state index contributed by atoms with van der Waals surface area (Å²) in [5.74, 6) is -2.53. The van der Waals surface area contributed by atoms with Gasteiger partial charge in [0, 0.05) is 24.7 Å². The summed E-state index contributed by atoms with van der Waals surface area (Å²) >= 11 is 1.40. The van der Waals surface area contributed by atoms with E-state index < -0.39 is 11.9 Å². The molecule has 0 saturated carbocycles. The van der Waals surface area contributed by atoms with Gasteiger partial charge in [0.2, 0.25) is 0 Å². The van der Waals surface area contributed by atoms with E-state index in [2.05, 4.69) is 21.9 Å². The van der Waals surface area contributed by atoms with E-state index >= 15 is 0 Å². The van der Waals surface area contributed by atoms with E-state index in [4.69, 9.17) is 4.74 Å². The summed E-state index contributed by atoms with van der Waals surface area (Å²) in [6, 6.07) is 0. The molecule has 0 aromatic carbocycles. The topological polar surface area (TPSA) is 66.8 Å². The second-order valence-electron chi connectivity index (χ2n) is 5.32. The van der Waals surface area contributed by atoms with Crippen LogP contribution in [0.2, 0.25) is 0 Å². The lowest BCUT2D eigenvalue weighted by Crippen LogP contribution is -2.57. The number of alkyl halides is 2. The molecule has 0 aliphatic carbocycles. The lowest BCUT2D eigenvalue weighted by atomic mass is 10.1. The van der Waals surface area contributed by atoms with E-state index in [9.17, 15) is 13.6 Å². The third-order valence-electron chi connectivity index (χ3n) is 3.26. The number of rotatable bonds is 8. The van der Waals surface area contributed by atoms with Gasteiger partial charge in [0.05, 0.1) is 31.8 Å². The molecular formula is C15H20F2N4O2S. The standard InChI is InChI=1S/C15H20F2N4O2S/c1-3-23-14(22)11(2)8-20-12(13-19-5-7-24-13)18-4-6-21-9-15(16,17)10-21/h5,7H,2-4,6,8-10H2,1H3,(H,18,20). The summed E-state index contributed by atoms with van der Waals surface area (Å²) in [4.78, 5) is 21.7. The molecule has 1 aliphatic heterocycles.